The molecule has 0 saturated carbocycles. The van der Waals surface area contributed by atoms with E-state index in [1.54, 1.807) is 12.1 Å². The van der Waals surface area contributed by atoms with Crippen molar-refractivity contribution < 1.29 is 10.0 Å². The van der Waals surface area contributed by atoms with Crippen molar-refractivity contribution in [2.24, 2.45) is 5.73 Å². The van der Waals surface area contributed by atoms with E-state index in [-0.39, 0.29) is 5.17 Å². The van der Waals surface area contributed by atoms with Gasteiger partial charge in [0.15, 0.2) is 5.17 Å². The molecule has 86 valence electrons. The van der Waals surface area contributed by atoms with Crippen LogP contribution in [0.2, 0.25) is 0 Å². The third kappa shape index (κ3) is 3.88. The SMILES string of the molecule is CCc1cc(CSC(=N)N)cc(B(O)O)c1. The van der Waals surface area contributed by atoms with Crippen LogP contribution in [0.4, 0.5) is 0 Å². The van der Waals surface area contributed by atoms with E-state index in [1.807, 2.05) is 13.0 Å². The number of benzene rings is 1. The molecule has 0 aliphatic heterocycles. The van der Waals surface area contributed by atoms with Crippen LogP contribution in [-0.2, 0) is 12.2 Å². The van der Waals surface area contributed by atoms with Gasteiger partial charge in [-0.1, -0.05) is 36.9 Å². The van der Waals surface area contributed by atoms with Gasteiger partial charge in [-0.25, -0.2) is 0 Å². The monoisotopic (exact) mass is 238 g/mol. The lowest BCUT2D eigenvalue weighted by Gasteiger charge is -2.07. The van der Waals surface area contributed by atoms with Crippen molar-refractivity contribution in [3.05, 3.63) is 29.3 Å². The van der Waals surface area contributed by atoms with E-state index < -0.39 is 7.12 Å². The Morgan fingerprint density at radius 2 is 2.00 bits per heavy atom. The topological polar surface area (TPSA) is 90.3 Å². The molecule has 6 heteroatoms. The molecule has 0 fully saturated rings. The highest BCUT2D eigenvalue weighted by molar-refractivity contribution is 8.13. The van der Waals surface area contributed by atoms with Crippen LogP contribution in [0.1, 0.15) is 18.1 Å². The number of hydrogen-bond donors (Lipinski definition) is 4. The molecule has 0 aromatic heterocycles. The molecule has 1 aromatic rings. The van der Waals surface area contributed by atoms with E-state index in [4.69, 9.17) is 21.2 Å². The largest absolute Gasteiger partial charge is 0.488 e. The third-order valence-electron chi connectivity index (χ3n) is 2.18. The Balaban J connectivity index is 2.90. The van der Waals surface area contributed by atoms with E-state index >= 15 is 0 Å². The summed E-state index contributed by atoms with van der Waals surface area (Å²) in [5.74, 6) is 0.572. The predicted molar refractivity (Wildman–Crippen MR) is 68.9 cm³/mol. The van der Waals surface area contributed by atoms with Crippen LogP contribution in [0.15, 0.2) is 18.2 Å². The van der Waals surface area contributed by atoms with Gasteiger partial charge in [0.05, 0.1) is 0 Å². The van der Waals surface area contributed by atoms with Gasteiger partial charge in [-0.05, 0) is 23.0 Å². The predicted octanol–water partition coefficient (Wildman–Crippen LogP) is 0.0555. The number of rotatable bonds is 4. The summed E-state index contributed by atoms with van der Waals surface area (Å²) in [5.41, 5.74) is 7.73. The Kier molecular flexibility index (Phi) is 4.85. The van der Waals surface area contributed by atoms with Gasteiger partial charge in [0.2, 0.25) is 0 Å². The molecule has 4 nitrogen and oxygen atoms in total. The van der Waals surface area contributed by atoms with Crippen LogP contribution in [0.3, 0.4) is 0 Å². The van der Waals surface area contributed by atoms with Crippen LogP contribution < -0.4 is 11.2 Å². The van der Waals surface area contributed by atoms with Gasteiger partial charge in [0, 0.05) is 5.75 Å². The van der Waals surface area contributed by atoms with Crippen LogP contribution >= 0.6 is 11.8 Å². The average molecular weight is 238 g/mol. The quantitative estimate of drug-likeness (QED) is 0.339. The van der Waals surface area contributed by atoms with Gasteiger partial charge in [-0.15, -0.1) is 0 Å². The molecule has 0 amide bonds. The summed E-state index contributed by atoms with van der Waals surface area (Å²) in [6.07, 6.45) is 0.832. The number of nitrogens with two attached hydrogens (primary N) is 1. The summed E-state index contributed by atoms with van der Waals surface area (Å²) in [6, 6.07) is 5.48. The molecule has 0 saturated heterocycles. The van der Waals surface area contributed by atoms with E-state index in [2.05, 4.69) is 0 Å². The van der Waals surface area contributed by atoms with Crippen molar-refractivity contribution in [3.8, 4) is 0 Å². The maximum atomic E-state index is 9.13. The molecule has 0 radical (unpaired) electrons. The third-order valence-corrected chi connectivity index (χ3v) is 2.96. The summed E-state index contributed by atoms with van der Waals surface area (Å²) in [6.45, 7) is 2.00. The lowest BCUT2D eigenvalue weighted by atomic mass is 9.78. The Hall–Kier alpha value is -0.975. The molecule has 5 N–H and O–H groups in total. The first-order chi connectivity index (χ1) is 7.52. The summed E-state index contributed by atoms with van der Waals surface area (Å²) < 4.78 is 0. The minimum absolute atomic E-state index is 0.0630. The zero-order valence-electron chi connectivity index (χ0n) is 9.10. The first-order valence-corrected chi connectivity index (χ1v) is 5.97. The van der Waals surface area contributed by atoms with E-state index in [1.165, 1.54) is 11.8 Å². The zero-order valence-corrected chi connectivity index (χ0v) is 9.92. The van der Waals surface area contributed by atoms with Gasteiger partial charge in [-0.2, -0.15) is 0 Å². The second-order valence-electron chi connectivity index (χ2n) is 3.46. The van der Waals surface area contributed by atoms with E-state index in [0.29, 0.717) is 11.2 Å². The highest BCUT2D eigenvalue weighted by Gasteiger charge is 2.12. The first-order valence-electron chi connectivity index (χ1n) is 4.98. The van der Waals surface area contributed by atoms with E-state index in [9.17, 15) is 0 Å². The van der Waals surface area contributed by atoms with Crippen LogP contribution in [0.25, 0.3) is 0 Å². The standard InChI is InChI=1S/C10H15BN2O2S/c1-2-7-3-8(6-16-10(12)13)5-9(4-7)11(14)15/h3-5,14-15H,2,6H2,1H3,(H3,12,13). The molecule has 0 atom stereocenters. The molecule has 1 rings (SSSR count). The van der Waals surface area contributed by atoms with Gasteiger partial charge >= 0.3 is 7.12 Å². The smallest absolute Gasteiger partial charge is 0.423 e. The van der Waals surface area contributed by atoms with Crippen LogP contribution in [0, 0.1) is 5.41 Å². The van der Waals surface area contributed by atoms with E-state index in [0.717, 1.165) is 17.5 Å². The number of nitrogens with one attached hydrogen (secondary N) is 1. The maximum absolute atomic E-state index is 9.13. The zero-order chi connectivity index (χ0) is 12.1. The highest BCUT2D eigenvalue weighted by Crippen LogP contribution is 2.13. The number of thioether (sulfide) groups is 1. The van der Waals surface area contributed by atoms with Crippen molar-refractivity contribution in [2.45, 2.75) is 19.1 Å². The molecular formula is C10H15BN2O2S. The van der Waals surface area contributed by atoms with Crippen LogP contribution in [-0.4, -0.2) is 22.3 Å². The minimum atomic E-state index is -1.45. The van der Waals surface area contributed by atoms with Crippen LogP contribution in [0.5, 0.6) is 0 Å². The molecule has 1 aromatic carbocycles. The van der Waals surface area contributed by atoms with Gasteiger partial charge in [0.1, 0.15) is 0 Å². The second kappa shape index (κ2) is 5.93. The fourth-order valence-corrected chi connectivity index (χ4v) is 1.88. The summed E-state index contributed by atoms with van der Waals surface area (Å²) in [4.78, 5) is 0. The summed E-state index contributed by atoms with van der Waals surface area (Å²) >= 11 is 1.22. The van der Waals surface area contributed by atoms with Gasteiger partial charge in [0.25, 0.3) is 0 Å². The summed E-state index contributed by atoms with van der Waals surface area (Å²) in [5, 5.41) is 25.4. The van der Waals surface area contributed by atoms with Crippen molar-refractivity contribution in [3.63, 3.8) is 0 Å². The molecule has 0 heterocycles. The van der Waals surface area contributed by atoms with Gasteiger partial charge in [-0.3, -0.25) is 5.41 Å². The number of amidine groups is 1. The van der Waals surface area contributed by atoms with Crippen molar-refractivity contribution >= 4 is 29.5 Å². The normalized spacial score (nSPS) is 10.2. The molecule has 16 heavy (non-hydrogen) atoms. The summed E-state index contributed by atoms with van der Waals surface area (Å²) in [7, 11) is -1.45. The Morgan fingerprint density at radius 1 is 1.38 bits per heavy atom. The molecule has 0 spiro atoms. The minimum Gasteiger partial charge on any atom is -0.423 e. The molecule has 0 aliphatic rings. The highest BCUT2D eigenvalue weighted by atomic mass is 32.2. The lowest BCUT2D eigenvalue weighted by Crippen LogP contribution is -2.30. The lowest BCUT2D eigenvalue weighted by molar-refractivity contribution is 0.425. The average Bonchev–Trinajstić information content (AvgIpc) is 2.25. The van der Waals surface area contributed by atoms with Crippen molar-refractivity contribution in [2.75, 3.05) is 0 Å². The fraction of sp³-hybridized carbons (Fsp3) is 0.300. The molecule has 0 bridgehead atoms. The molecular weight excluding hydrogens is 223 g/mol. The van der Waals surface area contributed by atoms with Gasteiger partial charge < -0.3 is 15.8 Å². The Morgan fingerprint density at radius 3 is 2.50 bits per heavy atom. The molecule has 0 unspecified atom stereocenters. The van der Waals surface area contributed by atoms with Crippen molar-refractivity contribution in [1.82, 2.24) is 0 Å². The number of hydrogen-bond acceptors (Lipinski definition) is 4. The second-order valence-corrected chi connectivity index (χ2v) is 4.48. The molecule has 0 aliphatic carbocycles. The fourth-order valence-electron chi connectivity index (χ4n) is 1.39. The van der Waals surface area contributed by atoms with Crippen molar-refractivity contribution in [1.29, 1.82) is 5.41 Å². The Labute approximate surface area is 99.5 Å². The Bertz CT molecular complexity index is 385. The first kappa shape index (κ1) is 13.1. The number of aryl methyl sites for hydroxylation is 1. The maximum Gasteiger partial charge on any atom is 0.488 e.